The van der Waals surface area contributed by atoms with Crippen LogP contribution in [-0.2, 0) is 0 Å². The van der Waals surface area contributed by atoms with Crippen LogP contribution in [0.2, 0.25) is 0 Å². The van der Waals surface area contributed by atoms with Crippen molar-refractivity contribution in [3.8, 4) is 11.5 Å². The van der Waals surface area contributed by atoms with E-state index in [-0.39, 0.29) is 18.8 Å². The van der Waals surface area contributed by atoms with Crippen LogP contribution >= 0.6 is 0 Å². The van der Waals surface area contributed by atoms with E-state index in [1.165, 1.54) is 12.8 Å². The molecule has 0 aliphatic heterocycles. The first-order valence-corrected chi connectivity index (χ1v) is 6.45. The van der Waals surface area contributed by atoms with Gasteiger partial charge in [-0.25, -0.2) is 0 Å². The molecule has 4 heteroatoms. The first-order chi connectivity index (χ1) is 8.74. The normalized spacial score (nSPS) is 17.7. The molecule has 18 heavy (non-hydrogen) atoms. The van der Waals surface area contributed by atoms with Crippen molar-refractivity contribution in [2.24, 2.45) is 5.73 Å². The van der Waals surface area contributed by atoms with Gasteiger partial charge >= 0.3 is 0 Å². The predicted molar refractivity (Wildman–Crippen MR) is 69.9 cm³/mol. The molecule has 1 aliphatic carbocycles. The molecule has 1 saturated carbocycles. The second-order valence-corrected chi connectivity index (χ2v) is 4.72. The summed E-state index contributed by atoms with van der Waals surface area (Å²) in [6, 6.07) is 5.20. The number of methoxy groups -OCH3 is 1. The summed E-state index contributed by atoms with van der Waals surface area (Å²) in [7, 11) is 1.63. The third kappa shape index (κ3) is 2.94. The molecule has 0 saturated heterocycles. The van der Waals surface area contributed by atoms with Gasteiger partial charge in [-0.15, -0.1) is 0 Å². The zero-order valence-corrected chi connectivity index (χ0v) is 10.8. The molecule has 0 bridgehead atoms. The Morgan fingerprint density at radius 2 is 2.06 bits per heavy atom. The summed E-state index contributed by atoms with van der Waals surface area (Å²) in [5, 5.41) is 9.09. The summed E-state index contributed by atoms with van der Waals surface area (Å²) in [6.45, 7) is -0.0742. The number of aliphatic hydroxyl groups excluding tert-OH is 1. The Kier molecular flexibility index (Phi) is 4.44. The maximum atomic E-state index is 9.09. The second kappa shape index (κ2) is 6.07. The molecule has 0 radical (unpaired) electrons. The van der Waals surface area contributed by atoms with Gasteiger partial charge in [0.1, 0.15) is 0 Å². The molecule has 0 aromatic heterocycles. The van der Waals surface area contributed by atoms with Crippen LogP contribution in [0, 0.1) is 0 Å². The Balaban J connectivity index is 2.18. The molecule has 1 atom stereocenters. The van der Waals surface area contributed by atoms with Crippen LogP contribution in [0.5, 0.6) is 11.5 Å². The standard InChI is InChI=1S/C14H21NO3/c1-17-13-7-6-10(12(15)9-16)8-14(13)18-11-4-2-3-5-11/h6-8,11-12,16H,2-5,9,15H2,1H3. The highest BCUT2D eigenvalue weighted by Gasteiger charge is 2.19. The number of rotatable bonds is 5. The van der Waals surface area contributed by atoms with Gasteiger partial charge in [0, 0.05) is 0 Å². The van der Waals surface area contributed by atoms with E-state index in [4.69, 9.17) is 20.3 Å². The van der Waals surface area contributed by atoms with Gasteiger partial charge in [0.15, 0.2) is 11.5 Å². The van der Waals surface area contributed by atoms with E-state index in [2.05, 4.69) is 0 Å². The summed E-state index contributed by atoms with van der Waals surface area (Å²) in [6.07, 6.45) is 4.92. The van der Waals surface area contributed by atoms with Crippen LogP contribution in [0.1, 0.15) is 37.3 Å². The van der Waals surface area contributed by atoms with E-state index in [1.807, 2.05) is 18.2 Å². The first-order valence-electron chi connectivity index (χ1n) is 6.45. The summed E-state index contributed by atoms with van der Waals surface area (Å²) in [5.41, 5.74) is 6.68. The lowest BCUT2D eigenvalue weighted by Crippen LogP contribution is -2.16. The highest BCUT2D eigenvalue weighted by molar-refractivity contribution is 5.44. The lowest BCUT2D eigenvalue weighted by Gasteiger charge is -2.18. The molecule has 1 aromatic carbocycles. The van der Waals surface area contributed by atoms with E-state index in [0.717, 1.165) is 29.9 Å². The van der Waals surface area contributed by atoms with E-state index >= 15 is 0 Å². The largest absolute Gasteiger partial charge is 0.493 e. The fraction of sp³-hybridized carbons (Fsp3) is 0.571. The maximum Gasteiger partial charge on any atom is 0.161 e. The van der Waals surface area contributed by atoms with E-state index in [0.29, 0.717) is 0 Å². The van der Waals surface area contributed by atoms with Gasteiger partial charge in [-0.3, -0.25) is 0 Å². The summed E-state index contributed by atoms with van der Waals surface area (Å²) < 4.78 is 11.3. The quantitative estimate of drug-likeness (QED) is 0.840. The molecule has 100 valence electrons. The average Bonchev–Trinajstić information content (AvgIpc) is 2.90. The molecule has 1 unspecified atom stereocenters. The number of nitrogens with two attached hydrogens (primary N) is 1. The van der Waals surface area contributed by atoms with Crippen LogP contribution in [0.3, 0.4) is 0 Å². The van der Waals surface area contributed by atoms with Gasteiger partial charge in [-0.05, 0) is 43.4 Å². The third-order valence-corrected chi connectivity index (χ3v) is 3.41. The van der Waals surface area contributed by atoms with Crippen molar-refractivity contribution in [3.05, 3.63) is 23.8 Å². The molecule has 1 aliphatic rings. The van der Waals surface area contributed by atoms with Gasteiger partial charge < -0.3 is 20.3 Å². The van der Waals surface area contributed by atoms with Crippen molar-refractivity contribution in [3.63, 3.8) is 0 Å². The number of hydrogen-bond acceptors (Lipinski definition) is 4. The fourth-order valence-corrected chi connectivity index (χ4v) is 2.31. The molecule has 1 aromatic rings. The summed E-state index contributed by atoms with van der Waals surface area (Å²) in [5.74, 6) is 1.45. The van der Waals surface area contributed by atoms with Gasteiger partial charge in [-0.1, -0.05) is 6.07 Å². The molecule has 2 rings (SSSR count). The van der Waals surface area contributed by atoms with Gasteiger partial charge in [0.2, 0.25) is 0 Å². The van der Waals surface area contributed by atoms with Crippen LogP contribution < -0.4 is 15.2 Å². The van der Waals surface area contributed by atoms with Gasteiger partial charge in [-0.2, -0.15) is 0 Å². The smallest absolute Gasteiger partial charge is 0.161 e. The van der Waals surface area contributed by atoms with Crippen molar-refractivity contribution in [1.29, 1.82) is 0 Å². The molecule has 0 amide bonds. The Morgan fingerprint density at radius 1 is 1.33 bits per heavy atom. The number of aliphatic hydroxyl groups is 1. The molecular formula is C14H21NO3. The topological polar surface area (TPSA) is 64.7 Å². The van der Waals surface area contributed by atoms with Gasteiger partial charge in [0.25, 0.3) is 0 Å². The predicted octanol–water partition coefficient (Wildman–Crippen LogP) is 2.01. The molecular weight excluding hydrogens is 230 g/mol. The lowest BCUT2D eigenvalue weighted by molar-refractivity contribution is 0.200. The number of hydrogen-bond donors (Lipinski definition) is 2. The van der Waals surface area contributed by atoms with Crippen LogP contribution in [0.4, 0.5) is 0 Å². The highest BCUT2D eigenvalue weighted by Crippen LogP contribution is 2.33. The zero-order chi connectivity index (χ0) is 13.0. The van der Waals surface area contributed by atoms with Gasteiger partial charge in [0.05, 0.1) is 25.9 Å². The monoisotopic (exact) mass is 251 g/mol. The van der Waals surface area contributed by atoms with Crippen LogP contribution in [0.25, 0.3) is 0 Å². The highest BCUT2D eigenvalue weighted by atomic mass is 16.5. The minimum absolute atomic E-state index is 0.0742. The maximum absolute atomic E-state index is 9.09. The SMILES string of the molecule is COc1ccc(C(N)CO)cc1OC1CCCC1. The van der Waals surface area contributed by atoms with Crippen molar-refractivity contribution in [1.82, 2.24) is 0 Å². The number of ether oxygens (including phenoxy) is 2. The van der Waals surface area contributed by atoms with Crippen molar-refractivity contribution < 1.29 is 14.6 Å². The Morgan fingerprint density at radius 3 is 2.67 bits per heavy atom. The molecule has 1 fully saturated rings. The van der Waals surface area contributed by atoms with Crippen molar-refractivity contribution in [2.75, 3.05) is 13.7 Å². The first kappa shape index (κ1) is 13.2. The minimum Gasteiger partial charge on any atom is -0.493 e. The fourth-order valence-electron chi connectivity index (χ4n) is 2.31. The second-order valence-electron chi connectivity index (χ2n) is 4.72. The summed E-state index contributed by atoms with van der Waals surface area (Å²) >= 11 is 0. The number of benzene rings is 1. The lowest BCUT2D eigenvalue weighted by atomic mass is 10.1. The zero-order valence-electron chi connectivity index (χ0n) is 10.8. The van der Waals surface area contributed by atoms with E-state index in [9.17, 15) is 0 Å². The Labute approximate surface area is 108 Å². The summed E-state index contributed by atoms with van der Waals surface area (Å²) in [4.78, 5) is 0. The van der Waals surface area contributed by atoms with E-state index in [1.54, 1.807) is 7.11 Å². The Hall–Kier alpha value is -1.26. The van der Waals surface area contributed by atoms with Crippen molar-refractivity contribution >= 4 is 0 Å². The average molecular weight is 251 g/mol. The third-order valence-electron chi connectivity index (χ3n) is 3.41. The van der Waals surface area contributed by atoms with Crippen LogP contribution in [0.15, 0.2) is 18.2 Å². The minimum atomic E-state index is -0.373. The van der Waals surface area contributed by atoms with E-state index < -0.39 is 0 Å². The molecule has 0 spiro atoms. The Bertz CT molecular complexity index is 389. The molecule has 3 N–H and O–H groups in total. The molecule has 4 nitrogen and oxygen atoms in total. The van der Waals surface area contributed by atoms with Crippen molar-refractivity contribution in [2.45, 2.75) is 37.8 Å². The van der Waals surface area contributed by atoms with Crippen LogP contribution in [-0.4, -0.2) is 24.9 Å². The molecule has 0 heterocycles.